The highest BCUT2D eigenvalue weighted by molar-refractivity contribution is 6.08. The monoisotopic (exact) mass is 633 g/mol. The summed E-state index contributed by atoms with van der Waals surface area (Å²) in [5.74, 6) is -1.07. The Morgan fingerprint density at radius 2 is 1.78 bits per heavy atom. The van der Waals surface area contributed by atoms with Gasteiger partial charge in [0, 0.05) is 5.56 Å². The number of hydrogen-bond donors (Lipinski definition) is 2. The molecular formula is C34H31F4N5O3. The highest BCUT2D eigenvalue weighted by Gasteiger charge is 2.50. The predicted molar refractivity (Wildman–Crippen MR) is 161 cm³/mol. The first-order chi connectivity index (χ1) is 21.9. The molecule has 1 aromatic heterocycles. The molecule has 6 rings (SSSR count). The van der Waals surface area contributed by atoms with E-state index in [1.165, 1.54) is 35.2 Å². The Morgan fingerprint density at radius 1 is 1.07 bits per heavy atom. The van der Waals surface area contributed by atoms with E-state index in [0.29, 0.717) is 35.7 Å². The first-order valence-corrected chi connectivity index (χ1v) is 14.8. The van der Waals surface area contributed by atoms with Crippen molar-refractivity contribution in [2.24, 2.45) is 5.92 Å². The number of fused-ring (bicyclic) bond motifs is 1. The van der Waals surface area contributed by atoms with Gasteiger partial charge in [-0.15, -0.1) is 0 Å². The van der Waals surface area contributed by atoms with Crippen molar-refractivity contribution < 1.29 is 31.6 Å². The molecule has 8 nitrogen and oxygen atoms in total. The minimum atomic E-state index is -4.82. The standard InChI is InChI=1S/C34H31F4N5O3/c1-20(2)14-15-33(23-9-11-24(35)12-10-23)31(45)43(32(39)41-33)17-21-8-13-26(34(36,37)38)25(16-21)30(44)42-18-27-28(19-42)46-29(40-27)22-6-4-3-5-7-22/h3-13,16,20H,14-15,17-19H2,1-2H3,(H2,39,41). The number of hydrogen-bond acceptors (Lipinski definition) is 5. The predicted octanol–water partition coefficient (Wildman–Crippen LogP) is 6.85. The topological polar surface area (TPSA) is 103 Å². The number of benzene rings is 3. The second-order valence-corrected chi connectivity index (χ2v) is 12.0. The molecule has 2 amide bonds. The van der Waals surface area contributed by atoms with E-state index in [0.717, 1.165) is 22.6 Å². The molecular weight excluding hydrogens is 602 g/mol. The lowest BCUT2D eigenvalue weighted by Gasteiger charge is -2.28. The molecule has 1 unspecified atom stereocenters. The van der Waals surface area contributed by atoms with Gasteiger partial charge in [0.25, 0.3) is 11.8 Å². The van der Waals surface area contributed by atoms with Gasteiger partial charge in [0.15, 0.2) is 5.96 Å². The Morgan fingerprint density at radius 3 is 2.43 bits per heavy atom. The average molecular weight is 634 g/mol. The third kappa shape index (κ3) is 5.75. The molecule has 238 valence electrons. The number of alkyl halides is 3. The molecule has 0 bridgehead atoms. The zero-order valence-electron chi connectivity index (χ0n) is 25.1. The van der Waals surface area contributed by atoms with Crippen molar-refractivity contribution in [2.75, 3.05) is 0 Å². The van der Waals surface area contributed by atoms with Crippen LogP contribution in [0.5, 0.6) is 0 Å². The summed E-state index contributed by atoms with van der Waals surface area (Å²) >= 11 is 0. The fourth-order valence-electron chi connectivity index (χ4n) is 5.91. The molecule has 0 aliphatic carbocycles. The number of nitrogens with zero attached hydrogens (tertiary/aromatic N) is 3. The lowest BCUT2D eigenvalue weighted by atomic mass is 9.83. The maximum absolute atomic E-state index is 14.1. The highest BCUT2D eigenvalue weighted by atomic mass is 19.4. The zero-order chi connectivity index (χ0) is 32.8. The smallest absolute Gasteiger partial charge is 0.417 e. The summed E-state index contributed by atoms with van der Waals surface area (Å²) in [5.41, 5.74) is -1.11. The van der Waals surface area contributed by atoms with Crippen LogP contribution in [0.15, 0.2) is 77.2 Å². The summed E-state index contributed by atoms with van der Waals surface area (Å²) in [5, 5.41) is 11.6. The van der Waals surface area contributed by atoms with Gasteiger partial charge in [-0.3, -0.25) is 19.9 Å². The number of halogens is 4. The van der Waals surface area contributed by atoms with E-state index in [1.54, 1.807) is 0 Å². The van der Waals surface area contributed by atoms with Crippen LogP contribution in [0, 0.1) is 17.1 Å². The first kappa shape index (κ1) is 31.0. The van der Waals surface area contributed by atoms with E-state index in [-0.39, 0.29) is 37.1 Å². The van der Waals surface area contributed by atoms with Gasteiger partial charge in [0.05, 0.1) is 30.8 Å². The fraction of sp³-hybridized carbons (Fsp3) is 0.294. The summed E-state index contributed by atoms with van der Waals surface area (Å²) in [4.78, 5) is 34.4. The molecule has 1 saturated heterocycles. The van der Waals surface area contributed by atoms with Crippen molar-refractivity contribution in [3.8, 4) is 11.5 Å². The summed E-state index contributed by atoms with van der Waals surface area (Å²) in [7, 11) is 0. The molecule has 2 N–H and O–H groups in total. The van der Waals surface area contributed by atoms with Crippen LogP contribution in [0.2, 0.25) is 0 Å². The van der Waals surface area contributed by atoms with Crippen molar-refractivity contribution in [1.29, 1.82) is 5.41 Å². The van der Waals surface area contributed by atoms with Crippen LogP contribution < -0.4 is 5.32 Å². The molecule has 3 heterocycles. The molecule has 0 radical (unpaired) electrons. The number of carbonyl (C=O) groups is 2. The second-order valence-electron chi connectivity index (χ2n) is 12.0. The van der Waals surface area contributed by atoms with Gasteiger partial charge in [-0.05, 0) is 66.3 Å². The fourth-order valence-corrected chi connectivity index (χ4v) is 5.91. The largest absolute Gasteiger partial charge is 0.439 e. The van der Waals surface area contributed by atoms with Crippen LogP contribution in [0.1, 0.15) is 65.2 Å². The van der Waals surface area contributed by atoms with Crippen LogP contribution in [0.3, 0.4) is 0 Å². The van der Waals surface area contributed by atoms with E-state index < -0.39 is 40.5 Å². The molecule has 1 atom stereocenters. The van der Waals surface area contributed by atoms with Crippen LogP contribution in [-0.2, 0) is 36.1 Å². The minimum Gasteiger partial charge on any atom is -0.439 e. The minimum absolute atomic E-state index is 0.0265. The van der Waals surface area contributed by atoms with Crippen LogP contribution in [0.4, 0.5) is 17.6 Å². The third-order valence-electron chi connectivity index (χ3n) is 8.37. The number of guanidine groups is 1. The molecule has 0 spiro atoms. The number of oxazole rings is 1. The van der Waals surface area contributed by atoms with Gasteiger partial charge in [0.2, 0.25) is 5.89 Å². The Hall–Kier alpha value is -5.00. The zero-order valence-corrected chi connectivity index (χ0v) is 25.1. The van der Waals surface area contributed by atoms with Gasteiger partial charge in [0.1, 0.15) is 22.8 Å². The SMILES string of the molecule is CC(C)CCC1(c2ccc(F)cc2)NC(=N)N(Cc2ccc(C(F)(F)F)c(C(=O)N3Cc4nc(-c5ccccc5)oc4C3)c2)C1=O. The Labute approximate surface area is 262 Å². The van der Waals surface area contributed by atoms with Crippen LogP contribution >= 0.6 is 0 Å². The third-order valence-corrected chi connectivity index (χ3v) is 8.37. The lowest BCUT2D eigenvalue weighted by Crippen LogP contribution is -2.44. The molecule has 3 aromatic carbocycles. The molecule has 1 fully saturated rings. The van der Waals surface area contributed by atoms with E-state index in [2.05, 4.69) is 10.3 Å². The number of aromatic nitrogens is 1. The molecule has 2 aliphatic rings. The number of rotatable bonds is 8. The maximum atomic E-state index is 14.1. The number of amides is 2. The van der Waals surface area contributed by atoms with Crippen molar-refractivity contribution in [2.45, 2.75) is 58.0 Å². The summed E-state index contributed by atoms with van der Waals surface area (Å²) in [6.07, 6.45) is -3.89. The van der Waals surface area contributed by atoms with Crippen molar-refractivity contribution in [3.05, 3.63) is 112 Å². The molecule has 0 saturated carbocycles. The van der Waals surface area contributed by atoms with Crippen molar-refractivity contribution in [3.63, 3.8) is 0 Å². The highest BCUT2D eigenvalue weighted by Crippen LogP contribution is 2.38. The van der Waals surface area contributed by atoms with Gasteiger partial charge in [-0.2, -0.15) is 13.2 Å². The van der Waals surface area contributed by atoms with Crippen LogP contribution in [-0.4, -0.2) is 32.6 Å². The van der Waals surface area contributed by atoms with Gasteiger partial charge < -0.3 is 14.6 Å². The van der Waals surface area contributed by atoms with E-state index in [9.17, 15) is 27.2 Å². The Bertz CT molecular complexity index is 1780. The molecule has 12 heteroatoms. The number of carbonyl (C=O) groups excluding carboxylic acids is 2. The van der Waals surface area contributed by atoms with E-state index in [1.807, 2.05) is 44.2 Å². The number of nitrogens with one attached hydrogen (secondary N) is 2. The van der Waals surface area contributed by atoms with Crippen molar-refractivity contribution in [1.82, 2.24) is 20.1 Å². The maximum Gasteiger partial charge on any atom is 0.417 e. The van der Waals surface area contributed by atoms with Gasteiger partial charge >= 0.3 is 6.18 Å². The van der Waals surface area contributed by atoms with Gasteiger partial charge in [-0.25, -0.2) is 9.37 Å². The Kier molecular flexibility index (Phi) is 7.91. The second kappa shape index (κ2) is 11.7. The summed E-state index contributed by atoms with van der Waals surface area (Å²) < 4.78 is 62.0. The first-order valence-electron chi connectivity index (χ1n) is 14.8. The average Bonchev–Trinajstić information content (AvgIpc) is 3.68. The van der Waals surface area contributed by atoms with Gasteiger partial charge in [-0.1, -0.05) is 50.2 Å². The van der Waals surface area contributed by atoms with Crippen molar-refractivity contribution >= 4 is 17.8 Å². The lowest BCUT2D eigenvalue weighted by molar-refractivity contribution is -0.138. The molecule has 46 heavy (non-hydrogen) atoms. The van der Waals surface area contributed by atoms with Crippen LogP contribution in [0.25, 0.3) is 11.5 Å². The Balaban J connectivity index is 1.27. The normalized spacial score (nSPS) is 18.0. The molecule has 4 aromatic rings. The summed E-state index contributed by atoms with van der Waals surface area (Å²) in [6.45, 7) is 3.65. The summed E-state index contributed by atoms with van der Waals surface area (Å²) in [6, 6.07) is 17.8. The quantitative estimate of drug-likeness (QED) is 0.207. The van der Waals surface area contributed by atoms with E-state index >= 15 is 0 Å². The molecule has 2 aliphatic heterocycles. The van der Waals surface area contributed by atoms with E-state index in [4.69, 9.17) is 9.83 Å².